The Bertz CT molecular complexity index is 209. The molecular weight excluding hydrogens is 208 g/mol. The summed E-state index contributed by atoms with van der Waals surface area (Å²) < 4.78 is 0. The van der Waals surface area contributed by atoms with Crippen LogP contribution in [0.2, 0.25) is 0 Å². The van der Waals surface area contributed by atoms with Crippen molar-refractivity contribution in [3.05, 3.63) is 0 Å². The molecule has 0 aromatic rings. The SMILES string of the molecule is CCNC1CCCCCC1N1CCC(C)CC1. The highest BCUT2D eigenvalue weighted by Gasteiger charge is 2.30. The summed E-state index contributed by atoms with van der Waals surface area (Å²) in [4.78, 5) is 2.79. The summed E-state index contributed by atoms with van der Waals surface area (Å²) >= 11 is 0. The van der Waals surface area contributed by atoms with Crippen LogP contribution in [0.25, 0.3) is 0 Å². The molecule has 0 bridgehead atoms. The molecule has 17 heavy (non-hydrogen) atoms. The standard InChI is InChI=1S/C15H30N2/c1-3-16-14-7-5-4-6-8-15(14)17-11-9-13(2)10-12-17/h13-16H,3-12H2,1-2H3. The van der Waals surface area contributed by atoms with Crippen LogP contribution in [-0.4, -0.2) is 36.6 Å². The van der Waals surface area contributed by atoms with Crippen LogP contribution in [0.15, 0.2) is 0 Å². The highest BCUT2D eigenvalue weighted by atomic mass is 15.2. The lowest BCUT2D eigenvalue weighted by molar-refractivity contribution is 0.105. The lowest BCUT2D eigenvalue weighted by Crippen LogP contribution is -2.51. The smallest absolute Gasteiger partial charge is 0.0249 e. The summed E-state index contributed by atoms with van der Waals surface area (Å²) in [6.45, 7) is 8.47. The second kappa shape index (κ2) is 6.75. The number of rotatable bonds is 3. The van der Waals surface area contributed by atoms with Crippen LogP contribution in [0, 0.1) is 5.92 Å². The number of likely N-dealkylation sites (tertiary alicyclic amines) is 1. The second-order valence-corrected chi connectivity index (χ2v) is 6.09. The Labute approximate surface area is 107 Å². The molecule has 2 heteroatoms. The van der Waals surface area contributed by atoms with Crippen molar-refractivity contribution < 1.29 is 0 Å². The van der Waals surface area contributed by atoms with Gasteiger partial charge in [0.2, 0.25) is 0 Å². The van der Waals surface area contributed by atoms with Crippen LogP contribution in [0.1, 0.15) is 58.8 Å². The van der Waals surface area contributed by atoms with E-state index in [4.69, 9.17) is 0 Å². The Morgan fingerprint density at radius 1 is 1.00 bits per heavy atom. The van der Waals surface area contributed by atoms with Crippen molar-refractivity contribution in [3.8, 4) is 0 Å². The van der Waals surface area contributed by atoms with Crippen molar-refractivity contribution in [3.63, 3.8) is 0 Å². The molecule has 0 aromatic carbocycles. The van der Waals surface area contributed by atoms with Crippen LogP contribution < -0.4 is 5.32 Å². The minimum Gasteiger partial charge on any atom is -0.313 e. The molecule has 0 radical (unpaired) electrons. The Hall–Kier alpha value is -0.0800. The first-order valence-corrected chi connectivity index (χ1v) is 7.78. The van der Waals surface area contributed by atoms with Gasteiger partial charge in [-0.05, 0) is 51.2 Å². The van der Waals surface area contributed by atoms with Gasteiger partial charge in [-0.3, -0.25) is 4.90 Å². The van der Waals surface area contributed by atoms with E-state index in [-0.39, 0.29) is 0 Å². The van der Waals surface area contributed by atoms with E-state index in [1.54, 1.807) is 0 Å². The van der Waals surface area contributed by atoms with E-state index < -0.39 is 0 Å². The van der Waals surface area contributed by atoms with Crippen LogP contribution in [0.4, 0.5) is 0 Å². The third-order valence-electron chi connectivity index (χ3n) is 4.73. The molecule has 0 aromatic heterocycles. The molecule has 100 valence electrons. The molecule has 1 heterocycles. The number of hydrogen-bond donors (Lipinski definition) is 1. The Balaban J connectivity index is 1.93. The molecule has 1 aliphatic heterocycles. The minimum atomic E-state index is 0.760. The minimum absolute atomic E-state index is 0.760. The number of likely N-dealkylation sites (N-methyl/N-ethyl adjacent to an activating group) is 1. The Morgan fingerprint density at radius 2 is 1.71 bits per heavy atom. The Morgan fingerprint density at radius 3 is 2.41 bits per heavy atom. The van der Waals surface area contributed by atoms with Crippen LogP contribution in [0.3, 0.4) is 0 Å². The molecule has 2 atom stereocenters. The maximum atomic E-state index is 3.74. The predicted molar refractivity (Wildman–Crippen MR) is 74.3 cm³/mol. The van der Waals surface area contributed by atoms with Crippen molar-refractivity contribution in [2.75, 3.05) is 19.6 Å². The normalized spacial score (nSPS) is 33.5. The topological polar surface area (TPSA) is 15.3 Å². The maximum absolute atomic E-state index is 3.74. The molecule has 1 N–H and O–H groups in total. The molecule has 2 nitrogen and oxygen atoms in total. The quantitative estimate of drug-likeness (QED) is 0.760. The zero-order valence-corrected chi connectivity index (χ0v) is 11.8. The number of nitrogens with zero attached hydrogens (tertiary/aromatic N) is 1. The van der Waals surface area contributed by atoms with E-state index in [2.05, 4.69) is 24.1 Å². The first kappa shape index (κ1) is 13.4. The lowest BCUT2D eigenvalue weighted by Gasteiger charge is -2.40. The summed E-state index contributed by atoms with van der Waals surface area (Å²) in [5.74, 6) is 0.953. The van der Waals surface area contributed by atoms with Gasteiger partial charge in [0.25, 0.3) is 0 Å². The van der Waals surface area contributed by atoms with E-state index in [9.17, 15) is 0 Å². The number of nitrogens with one attached hydrogen (secondary N) is 1. The number of piperidine rings is 1. The average Bonchev–Trinajstić information content (AvgIpc) is 2.56. The van der Waals surface area contributed by atoms with Crippen molar-refractivity contribution in [2.24, 2.45) is 5.92 Å². The van der Waals surface area contributed by atoms with Gasteiger partial charge in [0.1, 0.15) is 0 Å². The molecule has 2 rings (SSSR count). The largest absolute Gasteiger partial charge is 0.313 e. The lowest BCUT2D eigenvalue weighted by atomic mass is 9.94. The first-order chi connectivity index (χ1) is 8.31. The number of hydrogen-bond acceptors (Lipinski definition) is 2. The van der Waals surface area contributed by atoms with Crippen LogP contribution in [0.5, 0.6) is 0 Å². The third-order valence-corrected chi connectivity index (χ3v) is 4.73. The van der Waals surface area contributed by atoms with Crippen molar-refractivity contribution in [1.82, 2.24) is 10.2 Å². The Kier molecular flexibility index (Phi) is 5.30. The summed E-state index contributed by atoms with van der Waals surface area (Å²) in [6.07, 6.45) is 9.96. The summed E-state index contributed by atoms with van der Waals surface area (Å²) in [7, 11) is 0. The van der Waals surface area contributed by atoms with Gasteiger partial charge in [0.15, 0.2) is 0 Å². The van der Waals surface area contributed by atoms with Gasteiger partial charge in [-0.25, -0.2) is 0 Å². The molecular formula is C15H30N2. The van der Waals surface area contributed by atoms with Gasteiger partial charge in [0.05, 0.1) is 0 Å². The second-order valence-electron chi connectivity index (χ2n) is 6.09. The van der Waals surface area contributed by atoms with Crippen LogP contribution >= 0.6 is 0 Å². The van der Waals surface area contributed by atoms with Gasteiger partial charge in [-0.2, -0.15) is 0 Å². The third kappa shape index (κ3) is 3.69. The van der Waals surface area contributed by atoms with E-state index in [0.29, 0.717) is 0 Å². The van der Waals surface area contributed by atoms with Gasteiger partial charge in [-0.15, -0.1) is 0 Å². The summed E-state index contributed by atoms with van der Waals surface area (Å²) in [6, 6.07) is 1.58. The monoisotopic (exact) mass is 238 g/mol. The molecule has 1 aliphatic carbocycles. The van der Waals surface area contributed by atoms with Gasteiger partial charge in [0, 0.05) is 12.1 Å². The van der Waals surface area contributed by atoms with Crippen molar-refractivity contribution in [1.29, 1.82) is 0 Å². The maximum Gasteiger partial charge on any atom is 0.0249 e. The molecule has 2 unspecified atom stereocenters. The molecule has 2 fully saturated rings. The van der Waals surface area contributed by atoms with E-state index in [1.165, 1.54) is 58.0 Å². The van der Waals surface area contributed by atoms with E-state index in [0.717, 1.165) is 24.5 Å². The summed E-state index contributed by atoms with van der Waals surface area (Å²) in [5, 5.41) is 3.74. The van der Waals surface area contributed by atoms with Gasteiger partial charge < -0.3 is 5.32 Å². The van der Waals surface area contributed by atoms with E-state index >= 15 is 0 Å². The van der Waals surface area contributed by atoms with E-state index in [1.807, 2.05) is 0 Å². The molecule has 0 amide bonds. The zero-order chi connectivity index (χ0) is 12.1. The molecule has 1 saturated carbocycles. The molecule has 0 spiro atoms. The fourth-order valence-corrected chi connectivity index (χ4v) is 3.59. The predicted octanol–water partition coefficient (Wildman–Crippen LogP) is 3.03. The summed E-state index contributed by atoms with van der Waals surface area (Å²) in [5.41, 5.74) is 0. The fraction of sp³-hybridized carbons (Fsp3) is 1.00. The van der Waals surface area contributed by atoms with Crippen molar-refractivity contribution >= 4 is 0 Å². The molecule has 2 aliphatic rings. The average molecular weight is 238 g/mol. The zero-order valence-electron chi connectivity index (χ0n) is 11.8. The van der Waals surface area contributed by atoms with Gasteiger partial charge >= 0.3 is 0 Å². The van der Waals surface area contributed by atoms with Crippen molar-refractivity contribution in [2.45, 2.75) is 70.9 Å². The highest BCUT2D eigenvalue weighted by Crippen LogP contribution is 2.26. The molecule has 1 saturated heterocycles. The highest BCUT2D eigenvalue weighted by molar-refractivity contribution is 4.88. The van der Waals surface area contributed by atoms with Gasteiger partial charge in [-0.1, -0.05) is 33.1 Å². The first-order valence-electron chi connectivity index (χ1n) is 7.78. The fourth-order valence-electron chi connectivity index (χ4n) is 3.59. The van der Waals surface area contributed by atoms with Crippen LogP contribution in [-0.2, 0) is 0 Å².